The zero-order valence-corrected chi connectivity index (χ0v) is 7.73. The molecule has 1 aliphatic rings. The van der Waals surface area contributed by atoms with Crippen molar-refractivity contribution >= 4 is 6.01 Å². The lowest BCUT2D eigenvalue weighted by molar-refractivity contribution is 0.390. The van der Waals surface area contributed by atoms with Gasteiger partial charge in [0.05, 0.1) is 0 Å². The third-order valence-electron chi connectivity index (χ3n) is 2.25. The minimum absolute atomic E-state index is 0.237. The molecule has 1 saturated heterocycles. The van der Waals surface area contributed by atoms with E-state index in [2.05, 4.69) is 10.1 Å². The second kappa shape index (κ2) is 3.33. The SMILES string of the molecule is Cc1noc(N2CCCC(N)C2)n1. The first-order valence-electron chi connectivity index (χ1n) is 4.56. The van der Waals surface area contributed by atoms with Crippen molar-refractivity contribution in [1.82, 2.24) is 10.1 Å². The Balaban J connectivity index is 2.08. The van der Waals surface area contributed by atoms with Crippen molar-refractivity contribution in [2.24, 2.45) is 5.73 Å². The van der Waals surface area contributed by atoms with E-state index in [0.29, 0.717) is 11.8 Å². The third-order valence-corrected chi connectivity index (χ3v) is 2.25. The molecule has 0 aromatic carbocycles. The van der Waals surface area contributed by atoms with E-state index in [0.717, 1.165) is 25.9 Å². The van der Waals surface area contributed by atoms with Crippen LogP contribution in [0.15, 0.2) is 4.52 Å². The van der Waals surface area contributed by atoms with Gasteiger partial charge in [0.2, 0.25) is 0 Å². The summed E-state index contributed by atoms with van der Waals surface area (Å²) in [5.74, 6) is 0.675. The Bertz CT molecular complexity index is 285. The van der Waals surface area contributed by atoms with Gasteiger partial charge in [0.25, 0.3) is 0 Å². The molecular weight excluding hydrogens is 168 g/mol. The molecule has 1 aromatic heterocycles. The predicted molar refractivity (Wildman–Crippen MR) is 48.5 cm³/mol. The Hall–Kier alpha value is -1.10. The zero-order chi connectivity index (χ0) is 9.26. The molecular formula is C8H14N4O. The molecule has 2 N–H and O–H groups in total. The molecule has 0 radical (unpaired) electrons. The molecule has 0 spiro atoms. The lowest BCUT2D eigenvalue weighted by Crippen LogP contribution is -2.43. The van der Waals surface area contributed by atoms with E-state index in [1.165, 1.54) is 0 Å². The van der Waals surface area contributed by atoms with Gasteiger partial charge >= 0.3 is 6.01 Å². The topological polar surface area (TPSA) is 68.2 Å². The zero-order valence-electron chi connectivity index (χ0n) is 7.73. The van der Waals surface area contributed by atoms with Crippen LogP contribution in [0.25, 0.3) is 0 Å². The van der Waals surface area contributed by atoms with E-state index < -0.39 is 0 Å². The first kappa shape index (κ1) is 8.50. The van der Waals surface area contributed by atoms with Gasteiger partial charge in [0.1, 0.15) is 0 Å². The maximum Gasteiger partial charge on any atom is 0.324 e. The fourth-order valence-electron chi connectivity index (χ4n) is 1.60. The lowest BCUT2D eigenvalue weighted by Gasteiger charge is -2.28. The average Bonchev–Trinajstić information content (AvgIpc) is 2.52. The van der Waals surface area contributed by atoms with E-state index in [4.69, 9.17) is 10.3 Å². The van der Waals surface area contributed by atoms with Gasteiger partial charge in [0, 0.05) is 19.1 Å². The molecule has 2 heterocycles. The predicted octanol–water partition coefficient (Wildman–Crippen LogP) is 0.306. The van der Waals surface area contributed by atoms with Crippen LogP contribution in [0.2, 0.25) is 0 Å². The van der Waals surface area contributed by atoms with Gasteiger partial charge in [-0.1, -0.05) is 5.16 Å². The Labute approximate surface area is 76.9 Å². The minimum Gasteiger partial charge on any atom is -0.326 e. The van der Waals surface area contributed by atoms with E-state index in [1.807, 2.05) is 11.8 Å². The van der Waals surface area contributed by atoms with Gasteiger partial charge in [0.15, 0.2) is 5.82 Å². The Morgan fingerprint density at radius 2 is 2.46 bits per heavy atom. The Morgan fingerprint density at radius 1 is 1.62 bits per heavy atom. The van der Waals surface area contributed by atoms with Crippen LogP contribution >= 0.6 is 0 Å². The summed E-state index contributed by atoms with van der Waals surface area (Å²) in [7, 11) is 0. The molecule has 72 valence electrons. The van der Waals surface area contributed by atoms with Crippen LogP contribution in [0.5, 0.6) is 0 Å². The Morgan fingerprint density at radius 3 is 3.08 bits per heavy atom. The second-order valence-electron chi connectivity index (χ2n) is 3.47. The maximum absolute atomic E-state index is 5.84. The number of piperidine rings is 1. The van der Waals surface area contributed by atoms with E-state index in [9.17, 15) is 0 Å². The molecule has 1 aromatic rings. The van der Waals surface area contributed by atoms with Gasteiger partial charge < -0.3 is 15.2 Å². The van der Waals surface area contributed by atoms with Crippen LogP contribution in [0.4, 0.5) is 6.01 Å². The van der Waals surface area contributed by atoms with Gasteiger partial charge in [-0.15, -0.1) is 0 Å². The summed E-state index contributed by atoms with van der Waals surface area (Å²) in [5.41, 5.74) is 5.84. The average molecular weight is 182 g/mol. The van der Waals surface area contributed by atoms with Crippen molar-refractivity contribution in [3.05, 3.63) is 5.82 Å². The fraction of sp³-hybridized carbons (Fsp3) is 0.750. The van der Waals surface area contributed by atoms with Crippen LogP contribution in [-0.4, -0.2) is 29.3 Å². The molecule has 1 unspecified atom stereocenters. The fourth-order valence-corrected chi connectivity index (χ4v) is 1.60. The number of aryl methyl sites for hydroxylation is 1. The molecule has 2 rings (SSSR count). The minimum atomic E-state index is 0.237. The smallest absolute Gasteiger partial charge is 0.324 e. The first-order chi connectivity index (χ1) is 6.25. The van der Waals surface area contributed by atoms with E-state index >= 15 is 0 Å². The maximum atomic E-state index is 5.84. The lowest BCUT2D eigenvalue weighted by atomic mass is 10.1. The van der Waals surface area contributed by atoms with E-state index in [-0.39, 0.29) is 6.04 Å². The summed E-state index contributed by atoms with van der Waals surface area (Å²) in [4.78, 5) is 6.21. The molecule has 0 amide bonds. The Kier molecular flexibility index (Phi) is 2.18. The highest BCUT2D eigenvalue weighted by Crippen LogP contribution is 2.16. The number of nitrogens with zero attached hydrogens (tertiary/aromatic N) is 3. The summed E-state index contributed by atoms with van der Waals surface area (Å²) < 4.78 is 5.06. The summed E-state index contributed by atoms with van der Waals surface area (Å²) in [5, 5.41) is 3.75. The van der Waals surface area contributed by atoms with Gasteiger partial charge in [-0.25, -0.2) is 0 Å². The van der Waals surface area contributed by atoms with Crippen LogP contribution in [0, 0.1) is 6.92 Å². The molecule has 1 aliphatic heterocycles. The van der Waals surface area contributed by atoms with E-state index in [1.54, 1.807) is 0 Å². The van der Waals surface area contributed by atoms with Crippen molar-refractivity contribution < 1.29 is 4.52 Å². The number of aromatic nitrogens is 2. The monoisotopic (exact) mass is 182 g/mol. The van der Waals surface area contributed by atoms with Crippen LogP contribution < -0.4 is 10.6 Å². The summed E-state index contributed by atoms with van der Waals surface area (Å²) in [6.45, 7) is 3.61. The molecule has 0 aliphatic carbocycles. The highest BCUT2D eigenvalue weighted by molar-refractivity contribution is 5.26. The molecule has 5 nitrogen and oxygen atoms in total. The van der Waals surface area contributed by atoms with Crippen molar-refractivity contribution in [3.63, 3.8) is 0 Å². The van der Waals surface area contributed by atoms with Crippen molar-refractivity contribution in [2.75, 3.05) is 18.0 Å². The van der Waals surface area contributed by atoms with Gasteiger partial charge in [-0.3, -0.25) is 0 Å². The van der Waals surface area contributed by atoms with Crippen LogP contribution in [0.3, 0.4) is 0 Å². The van der Waals surface area contributed by atoms with Crippen molar-refractivity contribution in [2.45, 2.75) is 25.8 Å². The number of rotatable bonds is 1. The number of hydrogen-bond acceptors (Lipinski definition) is 5. The highest BCUT2D eigenvalue weighted by atomic mass is 16.5. The molecule has 13 heavy (non-hydrogen) atoms. The molecule has 5 heteroatoms. The second-order valence-corrected chi connectivity index (χ2v) is 3.47. The normalized spacial score (nSPS) is 23.5. The molecule has 0 saturated carbocycles. The van der Waals surface area contributed by atoms with Gasteiger partial charge in [-0.2, -0.15) is 4.98 Å². The molecule has 1 atom stereocenters. The first-order valence-corrected chi connectivity index (χ1v) is 4.56. The highest BCUT2D eigenvalue weighted by Gasteiger charge is 2.20. The summed E-state index contributed by atoms with van der Waals surface area (Å²) in [6.07, 6.45) is 2.19. The third kappa shape index (κ3) is 1.80. The number of nitrogens with two attached hydrogens (primary N) is 1. The van der Waals surface area contributed by atoms with Crippen LogP contribution in [0.1, 0.15) is 18.7 Å². The summed E-state index contributed by atoms with van der Waals surface area (Å²) >= 11 is 0. The van der Waals surface area contributed by atoms with Crippen LogP contribution in [-0.2, 0) is 0 Å². The molecule has 0 bridgehead atoms. The molecule has 1 fully saturated rings. The van der Waals surface area contributed by atoms with Crippen molar-refractivity contribution in [3.8, 4) is 0 Å². The standard InChI is InChI=1S/C8H14N4O/c1-6-10-8(13-11-6)12-4-2-3-7(9)5-12/h7H,2-5,9H2,1H3. The largest absolute Gasteiger partial charge is 0.326 e. The van der Waals surface area contributed by atoms with Gasteiger partial charge in [-0.05, 0) is 19.8 Å². The number of anilines is 1. The summed E-state index contributed by atoms with van der Waals surface area (Å²) in [6, 6.07) is 0.841. The number of hydrogen-bond donors (Lipinski definition) is 1. The quantitative estimate of drug-likeness (QED) is 0.676. The van der Waals surface area contributed by atoms with Crippen molar-refractivity contribution in [1.29, 1.82) is 0 Å².